The first-order valence-corrected chi connectivity index (χ1v) is 7.85. The highest BCUT2D eigenvalue weighted by molar-refractivity contribution is 7.89. The fourth-order valence-electron chi connectivity index (χ4n) is 2.19. The number of methoxy groups -OCH3 is 1. The third-order valence-electron chi connectivity index (χ3n) is 3.27. The van der Waals surface area contributed by atoms with E-state index in [1.165, 1.54) is 16.4 Å². The normalized spacial score (nSPS) is 21.5. The van der Waals surface area contributed by atoms with Crippen LogP contribution in [0.1, 0.15) is 12.8 Å². The molecule has 19 heavy (non-hydrogen) atoms. The summed E-state index contributed by atoms with van der Waals surface area (Å²) in [5.74, 6) is 0. The van der Waals surface area contributed by atoms with Crippen LogP contribution in [-0.2, 0) is 14.8 Å². The molecule has 1 aliphatic heterocycles. The lowest BCUT2D eigenvalue weighted by molar-refractivity contribution is 0.0572. The second-order valence-electron chi connectivity index (χ2n) is 4.55. The Morgan fingerprint density at radius 2 is 2.21 bits per heavy atom. The zero-order chi connectivity index (χ0) is 14.0. The van der Waals surface area contributed by atoms with Gasteiger partial charge in [-0.2, -0.15) is 4.31 Å². The summed E-state index contributed by atoms with van der Waals surface area (Å²) in [5.41, 5.74) is 5.97. The highest BCUT2D eigenvalue weighted by Gasteiger charge is 2.31. The summed E-state index contributed by atoms with van der Waals surface area (Å²) in [7, 11) is -2.02. The van der Waals surface area contributed by atoms with E-state index in [1.807, 2.05) is 0 Å². The van der Waals surface area contributed by atoms with Gasteiger partial charge in [0.05, 0.1) is 11.8 Å². The average molecular weight is 305 g/mol. The molecule has 0 amide bonds. The zero-order valence-corrected chi connectivity index (χ0v) is 12.2. The molecule has 5 nitrogen and oxygen atoms in total. The van der Waals surface area contributed by atoms with Gasteiger partial charge in [0.15, 0.2) is 0 Å². The summed E-state index contributed by atoms with van der Waals surface area (Å²) in [5, 5.41) is 0.355. The highest BCUT2D eigenvalue weighted by atomic mass is 35.5. The van der Waals surface area contributed by atoms with Gasteiger partial charge >= 0.3 is 0 Å². The van der Waals surface area contributed by atoms with Crippen molar-refractivity contribution in [3.05, 3.63) is 23.2 Å². The van der Waals surface area contributed by atoms with E-state index in [4.69, 9.17) is 22.1 Å². The van der Waals surface area contributed by atoms with Crippen molar-refractivity contribution in [1.82, 2.24) is 4.31 Å². The first kappa shape index (κ1) is 14.6. The molecule has 1 atom stereocenters. The molecule has 7 heteroatoms. The summed E-state index contributed by atoms with van der Waals surface area (Å²) in [6, 6.07) is 4.47. The van der Waals surface area contributed by atoms with Crippen LogP contribution in [-0.4, -0.2) is 39.0 Å². The van der Waals surface area contributed by atoms with E-state index in [2.05, 4.69) is 0 Å². The van der Waals surface area contributed by atoms with Crippen LogP contribution in [0.5, 0.6) is 0 Å². The maximum Gasteiger partial charge on any atom is 0.245 e. The molecule has 1 unspecified atom stereocenters. The van der Waals surface area contributed by atoms with Crippen molar-refractivity contribution in [3.8, 4) is 0 Å². The fourth-order valence-corrected chi connectivity index (χ4v) is 4.08. The minimum Gasteiger partial charge on any atom is -0.398 e. The lowest BCUT2D eigenvalue weighted by atomic mass is 10.1. The Bertz CT molecular complexity index is 562. The third-order valence-corrected chi connectivity index (χ3v) is 5.42. The molecule has 0 bridgehead atoms. The highest BCUT2D eigenvalue weighted by Crippen LogP contribution is 2.28. The van der Waals surface area contributed by atoms with Gasteiger partial charge in [-0.1, -0.05) is 11.6 Å². The maximum atomic E-state index is 12.6. The number of piperidine rings is 1. The maximum absolute atomic E-state index is 12.6. The van der Waals surface area contributed by atoms with E-state index < -0.39 is 10.0 Å². The minimum absolute atomic E-state index is 0.0658. The number of nitrogen functional groups attached to an aromatic ring is 1. The predicted molar refractivity (Wildman–Crippen MR) is 74.7 cm³/mol. The van der Waals surface area contributed by atoms with Crippen molar-refractivity contribution in [2.24, 2.45) is 0 Å². The van der Waals surface area contributed by atoms with E-state index in [9.17, 15) is 8.42 Å². The van der Waals surface area contributed by atoms with Crippen LogP contribution in [0.15, 0.2) is 23.1 Å². The molecule has 2 N–H and O–H groups in total. The van der Waals surface area contributed by atoms with Crippen molar-refractivity contribution >= 4 is 27.3 Å². The van der Waals surface area contributed by atoms with Gasteiger partial charge in [0, 0.05) is 25.2 Å². The molecule has 0 aromatic heterocycles. The number of ether oxygens (including phenoxy) is 1. The van der Waals surface area contributed by atoms with Gasteiger partial charge < -0.3 is 10.5 Å². The molecule has 0 radical (unpaired) electrons. The molecular weight excluding hydrogens is 288 g/mol. The number of sulfonamides is 1. The summed E-state index contributed by atoms with van der Waals surface area (Å²) in [6.45, 7) is 0.832. The number of hydrogen-bond donors (Lipinski definition) is 1. The zero-order valence-electron chi connectivity index (χ0n) is 10.7. The van der Waals surface area contributed by atoms with Crippen LogP contribution in [0.4, 0.5) is 5.69 Å². The number of rotatable bonds is 3. The van der Waals surface area contributed by atoms with Crippen LogP contribution in [0.25, 0.3) is 0 Å². The number of nitrogens with two attached hydrogens (primary N) is 1. The number of benzene rings is 1. The number of halogens is 1. The molecule has 0 aliphatic carbocycles. The lowest BCUT2D eigenvalue weighted by Crippen LogP contribution is -2.42. The Morgan fingerprint density at radius 1 is 1.47 bits per heavy atom. The van der Waals surface area contributed by atoms with Crippen molar-refractivity contribution in [3.63, 3.8) is 0 Å². The van der Waals surface area contributed by atoms with E-state index in [0.29, 0.717) is 18.1 Å². The topological polar surface area (TPSA) is 72.6 Å². The van der Waals surface area contributed by atoms with Crippen molar-refractivity contribution in [2.75, 3.05) is 25.9 Å². The SMILES string of the molecule is COC1CCCN(S(=O)(=O)c2cc(Cl)ccc2N)C1. The van der Waals surface area contributed by atoms with Gasteiger partial charge in [-0.05, 0) is 31.0 Å². The Kier molecular flexibility index (Phi) is 4.35. The van der Waals surface area contributed by atoms with E-state index >= 15 is 0 Å². The fraction of sp³-hybridized carbons (Fsp3) is 0.500. The Balaban J connectivity index is 2.34. The molecule has 1 saturated heterocycles. The molecule has 1 aromatic carbocycles. The molecular formula is C12H17ClN2O3S. The van der Waals surface area contributed by atoms with E-state index in [1.54, 1.807) is 13.2 Å². The summed E-state index contributed by atoms with van der Waals surface area (Å²) < 4.78 is 31.8. The summed E-state index contributed by atoms with van der Waals surface area (Å²) in [4.78, 5) is 0.0664. The van der Waals surface area contributed by atoms with Gasteiger partial charge in [-0.3, -0.25) is 0 Å². The second kappa shape index (κ2) is 5.66. The van der Waals surface area contributed by atoms with Crippen molar-refractivity contribution in [1.29, 1.82) is 0 Å². The van der Waals surface area contributed by atoms with Gasteiger partial charge in [-0.15, -0.1) is 0 Å². The van der Waals surface area contributed by atoms with E-state index in [-0.39, 0.29) is 16.7 Å². The van der Waals surface area contributed by atoms with Crippen LogP contribution in [0.3, 0.4) is 0 Å². The van der Waals surface area contributed by atoms with Crippen molar-refractivity contribution < 1.29 is 13.2 Å². The first-order valence-electron chi connectivity index (χ1n) is 6.03. The van der Waals surface area contributed by atoms with E-state index in [0.717, 1.165) is 12.8 Å². The van der Waals surface area contributed by atoms with Crippen LogP contribution in [0.2, 0.25) is 5.02 Å². The second-order valence-corrected chi connectivity index (χ2v) is 6.89. The van der Waals surface area contributed by atoms with Gasteiger partial charge in [0.25, 0.3) is 0 Å². The predicted octanol–water partition coefficient (Wildman–Crippen LogP) is 1.72. The summed E-state index contributed by atoms with van der Waals surface area (Å²) in [6.07, 6.45) is 1.58. The lowest BCUT2D eigenvalue weighted by Gasteiger charge is -2.31. The molecule has 0 saturated carbocycles. The molecule has 2 rings (SSSR count). The molecule has 1 fully saturated rings. The largest absolute Gasteiger partial charge is 0.398 e. The Labute approximate surface area is 118 Å². The summed E-state index contributed by atoms with van der Waals surface area (Å²) >= 11 is 5.85. The number of nitrogens with zero attached hydrogens (tertiary/aromatic N) is 1. The van der Waals surface area contributed by atoms with Gasteiger partial charge in [0.1, 0.15) is 4.90 Å². The van der Waals surface area contributed by atoms with Gasteiger partial charge in [-0.25, -0.2) is 8.42 Å². The Morgan fingerprint density at radius 3 is 2.89 bits per heavy atom. The molecule has 0 spiro atoms. The van der Waals surface area contributed by atoms with Crippen LogP contribution >= 0.6 is 11.6 Å². The Hall–Kier alpha value is -0.820. The minimum atomic E-state index is -3.61. The van der Waals surface area contributed by atoms with Crippen LogP contribution < -0.4 is 5.73 Å². The monoisotopic (exact) mass is 304 g/mol. The molecule has 1 aliphatic rings. The quantitative estimate of drug-likeness (QED) is 0.863. The molecule has 106 valence electrons. The number of hydrogen-bond acceptors (Lipinski definition) is 4. The average Bonchev–Trinajstić information content (AvgIpc) is 2.41. The molecule has 1 aromatic rings. The van der Waals surface area contributed by atoms with Crippen LogP contribution in [0, 0.1) is 0 Å². The van der Waals surface area contributed by atoms with Gasteiger partial charge in [0.2, 0.25) is 10.0 Å². The molecule has 1 heterocycles. The van der Waals surface area contributed by atoms with Crippen molar-refractivity contribution in [2.45, 2.75) is 23.8 Å². The first-order chi connectivity index (χ1) is 8.95. The third kappa shape index (κ3) is 3.02. The standard InChI is InChI=1S/C12H17ClN2O3S/c1-18-10-3-2-6-15(8-10)19(16,17)12-7-9(13)4-5-11(12)14/h4-5,7,10H,2-3,6,8,14H2,1H3. The number of anilines is 1. The smallest absolute Gasteiger partial charge is 0.245 e.